The van der Waals surface area contributed by atoms with E-state index in [1.165, 1.54) is 27.7 Å². The first-order chi connectivity index (χ1) is 15.3. The molecule has 1 N–H and O–H groups in total. The lowest BCUT2D eigenvalue weighted by Crippen LogP contribution is -2.24. The van der Waals surface area contributed by atoms with E-state index in [4.69, 9.17) is 0 Å². The van der Waals surface area contributed by atoms with Crippen molar-refractivity contribution in [1.29, 1.82) is 0 Å². The molecule has 0 saturated heterocycles. The zero-order chi connectivity index (χ0) is 22.8. The molecule has 0 fully saturated rings. The van der Waals surface area contributed by atoms with Gasteiger partial charge in [0, 0.05) is 35.6 Å². The minimum absolute atomic E-state index is 0.0373. The topological polar surface area (TPSA) is 125 Å². The van der Waals surface area contributed by atoms with Crippen LogP contribution in [0, 0.1) is 17.0 Å². The maximum absolute atomic E-state index is 12.7. The van der Waals surface area contributed by atoms with E-state index >= 15 is 0 Å². The molecular weight excluding hydrogens is 480 g/mol. The molecule has 0 aliphatic carbocycles. The number of rotatable bonds is 6. The summed E-state index contributed by atoms with van der Waals surface area (Å²) in [6.07, 6.45) is 1.47. The Morgan fingerprint density at radius 1 is 1.19 bits per heavy atom. The van der Waals surface area contributed by atoms with Crippen LogP contribution in [0.1, 0.15) is 12.1 Å². The molecule has 0 atom stereocenters. The van der Waals surface area contributed by atoms with Gasteiger partial charge in [-0.05, 0) is 37.3 Å². The summed E-state index contributed by atoms with van der Waals surface area (Å²) in [5.41, 5.74) is 1.56. The van der Waals surface area contributed by atoms with Crippen LogP contribution in [0.5, 0.6) is 0 Å². The van der Waals surface area contributed by atoms with Crippen molar-refractivity contribution in [2.75, 3.05) is 5.32 Å². The van der Waals surface area contributed by atoms with Crippen LogP contribution in [0.3, 0.4) is 0 Å². The molecule has 0 bridgehead atoms. The first kappa shape index (κ1) is 21.4. The minimum Gasteiger partial charge on any atom is -0.311 e. The highest BCUT2D eigenvalue weighted by Crippen LogP contribution is 2.20. The number of aromatic nitrogens is 4. The van der Waals surface area contributed by atoms with Crippen LogP contribution in [-0.4, -0.2) is 30.2 Å². The first-order valence-electron chi connectivity index (χ1n) is 9.58. The van der Waals surface area contributed by atoms with Crippen molar-refractivity contribution in [1.82, 2.24) is 19.3 Å². The van der Waals surface area contributed by atoms with Gasteiger partial charge in [-0.1, -0.05) is 15.9 Å². The van der Waals surface area contributed by atoms with Gasteiger partial charge < -0.3 is 5.32 Å². The molecule has 0 aliphatic heterocycles. The third-order valence-corrected chi connectivity index (χ3v) is 5.26. The fourth-order valence-corrected chi connectivity index (χ4v) is 3.58. The Kier molecular flexibility index (Phi) is 5.82. The Morgan fingerprint density at radius 2 is 1.94 bits per heavy atom. The molecule has 10 nitrogen and oxygen atoms in total. The molecule has 1 amide bonds. The molecule has 32 heavy (non-hydrogen) atoms. The molecule has 0 spiro atoms. The maximum Gasteiger partial charge on any atom is 0.269 e. The van der Waals surface area contributed by atoms with Crippen LogP contribution < -0.4 is 10.9 Å². The van der Waals surface area contributed by atoms with E-state index in [1.807, 2.05) is 6.07 Å². The van der Waals surface area contributed by atoms with Gasteiger partial charge in [-0.3, -0.25) is 24.3 Å². The summed E-state index contributed by atoms with van der Waals surface area (Å²) in [5, 5.41) is 18.5. The van der Waals surface area contributed by atoms with Crippen molar-refractivity contribution in [3.8, 4) is 5.69 Å². The van der Waals surface area contributed by atoms with Crippen LogP contribution in [0.25, 0.3) is 16.6 Å². The number of nitrogens with zero attached hydrogens (tertiary/aromatic N) is 5. The minimum atomic E-state index is -0.483. The van der Waals surface area contributed by atoms with E-state index < -0.39 is 4.92 Å². The summed E-state index contributed by atoms with van der Waals surface area (Å²) in [6.45, 7) is 1.93. The second kappa shape index (κ2) is 8.71. The van der Waals surface area contributed by atoms with E-state index in [0.717, 1.165) is 4.47 Å². The molecule has 0 unspecified atom stereocenters. The number of nitro benzene ring substituents is 1. The fraction of sp³-hybridized carbons (Fsp3) is 0.143. The average Bonchev–Trinajstić information content (AvgIpc) is 3.13. The predicted molar refractivity (Wildman–Crippen MR) is 122 cm³/mol. The van der Waals surface area contributed by atoms with Crippen molar-refractivity contribution in [3.05, 3.63) is 85.5 Å². The normalized spacial score (nSPS) is 10.9. The number of non-ortho nitro benzene ring substituents is 1. The predicted octanol–water partition coefficient (Wildman–Crippen LogP) is 3.59. The molecule has 0 saturated carbocycles. The van der Waals surface area contributed by atoms with Gasteiger partial charge in [-0.25, -0.2) is 9.67 Å². The van der Waals surface area contributed by atoms with Gasteiger partial charge in [0.2, 0.25) is 5.91 Å². The number of nitro groups is 1. The van der Waals surface area contributed by atoms with E-state index in [1.54, 1.807) is 37.3 Å². The van der Waals surface area contributed by atoms with Crippen molar-refractivity contribution < 1.29 is 9.72 Å². The summed E-state index contributed by atoms with van der Waals surface area (Å²) in [7, 11) is 0. The quantitative estimate of drug-likeness (QED) is 0.321. The number of amides is 1. The van der Waals surface area contributed by atoms with Crippen LogP contribution in [0.2, 0.25) is 0 Å². The highest BCUT2D eigenvalue weighted by Gasteiger charge is 2.13. The van der Waals surface area contributed by atoms with Gasteiger partial charge in [-0.2, -0.15) is 5.10 Å². The molecule has 4 aromatic rings. The Bertz CT molecular complexity index is 1390. The summed E-state index contributed by atoms with van der Waals surface area (Å²) in [6, 6.07) is 12.8. The lowest BCUT2D eigenvalue weighted by molar-refractivity contribution is -0.384. The highest BCUT2D eigenvalue weighted by molar-refractivity contribution is 9.10. The molecule has 11 heteroatoms. The Balaban J connectivity index is 1.49. The largest absolute Gasteiger partial charge is 0.311 e. The Labute approximate surface area is 189 Å². The number of hydrogen-bond donors (Lipinski definition) is 1. The summed E-state index contributed by atoms with van der Waals surface area (Å²) in [5.74, 6) is 0.114. The maximum atomic E-state index is 12.7. The average molecular weight is 497 g/mol. The number of carbonyl (C=O) groups is 1. The second-order valence-corrected chi connectivity index (χ2v) is 7.97. The number of nitrogens with one attached hydrogen (secondary N) is 1. The van der Waals surface area contributed by atoms with Crippen LogP contribution in [-0.2, 0) is 11.3 Å². The van der Waals surface area contributed by atoms with Crippen molar-refractivity contribution in [2.45, 2.75) is 19.9 Å². The standard InChI is InChI=1S/C21H17BrN6O4/c1-13-10-19(27(25-13)15-3-5-16(6-4-15)28(31)32)24-20(29)8-9-26-12-23-18-7-2-14(22)11-17(18)21(26)30/h2-7,10-12H,8-9H2,1H3,(H,24,29). The van der Waals surface area contributed by atoms with Crippen molar-refractivity contribution in [3.63, 3.8) is 0 Å². The van der Waals surface area contributed by atoms with E-state index in [2.05, 4.69) is 31.3 Å². The van der Waals surface area contributed by atoms with Gasteiger partial charge in [-0.15, -0.1) is 0 Å². The molecule has 0 radical (unpaired) electrons. The van der Waals surface area contributed by atoms with E-state index in [0.29, 0.717) is 28.1 Å². The molecule has 2 aromatic carbocycles. The number of hydrogen-bond acceptors (Lipinski definition) is 6. The van der Waals surface area contributed by atoms with Crippen LogP contribution in [0.15, 0.2) is 64.1 Å². The lowest BCUT2D eigenvalue weighted by atomic mass is 10.2. The van der Waals surface area contributed by atoms with E-state index in [-0.39, 0.29) is 30.1 Å². The highest BCUT2D eigenvalue weighted by atomic mass is 79.9. The number of halogens is 1. The van der Waals surface area contributed by atoms with Crippen LogP contribution >= 0.6 is 15.9 Å². The fourth-order valence-electron chi connectivity index (χ4n) is 3.22. The van der Waals surface area contributed by atoms with Crippen molar-refractivity contribution in [2.24, 2.45) is 0 Å². The molecule has 2 heterocycles. The van der Waals surface area contributed by atoms with E-state index in [9.17, 15) is 19.7 Å². The van der Waals surface area contributed by atoms with Gasteiger partial charge in [0.1, 0.15) is 5.82 Å². The third kappa shape index (κ3) is 4.42. The first-order valence-corrected chi connectivity index (χ1v) is 10.4. The number of anilines is 1. The van der Waals surface area contributed by atoms with Crippen LogP contribution in [0.4, 0.5) is 11.5 Å². The number of benzene rings is 2. The monoisotopic (exact) mass is 496 g/mol. The Morgan fingerprint density at radius 3 is 2.66 bits per heavy atom. The van der Waals surface area contributed by atoms with Gasteiger partial charge in [0.25, 0.3) is 11.2 Å². The second-order valence-electron chi connectivity index (χ2n) is 7.06. The lowest BCUT2D eigenvalue weighted by Gasteiger charge is -2.10. The summed E-state index contributed by atoms with van der Waals surface area (Å²) >= 11 is 3.35. The summed E-state index contributed by atoms with van der Waals surface area (Å²) in [4.78, 5) is 39.9. The van der Waals surface area contributed by atoms with Gasteiger partial charge in [0.05, 0.1) is 33.5 Å². The molecule has 0 aliphatic rings. The third-order valence-electron chi connectivity index (χ3n) is 4.77. The van der Waals surface area contributed by atoms with Gasteiger partial charge >= 0.3 is 0 Å². The molecule has 4 rings (SSSR count). The van der Waals surface area contributed by atoms with Crippen molar-refractivity contribution >= 4 is 44.2 Å². The Hall–Kier alpha value is -3.86. The summed E-state index contributed by atoms with van der Waals surface area (Å²) < 4.78 is 3.67. The molecule has 162 valence electrons. The van der Waals surface area contributed by atoms with Gasteiger partial charge in [0.15, 0.2) is 0 Å². The SMILES string of the molecule is Cc1cc(NC(=O)CCn2cnc3ccc(Br)cc3c2=O)n(-c2ccc([N+](=O)[O-])cc2)n1. The number of aryl methyl sites for hydroxylation is 2. The molecular formula is C21H17BrN6O4. The zero-order valence-corrected chi connectivity index (χ0v) is 18.4. The zero-order valence-electron chi connectivity index (χ0n) is 16.9. The number of carbonyl (C=O) groups excluding carboxylic acids is 1. The smallest absolute Gasteiger partial charge is 0.269 e. The number of fused-ring (bicyclic) bond motifs is 1. The molecule has 2 aromatic heterocycles.